The van der Waals surface area contributed by atoms with Crippen LogP contribution in [0.2, 0.25) is 5.02 Å². The van der Waals surface area contributed by atoms with Crippen LogP contribution >= 0.6 is 35.6 Å². The fourth-order valence-corrected chi connectivity index (χ4v) is 2.48. The molecule has 0 aliphatic rings. The Kier molecular flexibility index (Phi) is 13.8. The van der Waals surface area contributed by atoms with E-state index in [9.17, 15) is 8.42 Å². The number of ether oxygens (including phenoxy) is 2. The van der Waals surface area contributed by atoms with Gasteiger partial charge in [-0.05, 0) is 31.2 Å². The van der Waals surface area contributed by atoms with Gasteiger partial charge in [0, 0.05) is 24.9 Å². The van der Waals surface area contributed by atoms with Crippen LogP contribution in [0.5, 0.6) is 5.75 Å². The molecule has 156 valence electrons. The van der Waals surface area contributed by atoms with Crippen LogP contribution in [0.1, 0.15) is 6.92 Å². The molecule has 0 saturated heterocycles. The van der Waals surface area contributed by atoms with E-state index < -0.39 is 9.84 Å². The molecule has 27 heavy (non-hydrogen) atoms. The lowest BCUT2D eigenvalue weighted by atomic mass is 10.3. The molecule has 0 radical (unpaired) electrons. The van der Waals surface area contributed by atoms with E-state index in [1.807, 2.05) is 31.0 Å². The second kappa shape index (κ2) is 14.3. The highest BCUT2D eigenvalue weighted by molar-refractivity contribution is 14.0. The van der Waals surface area contributed by atoms with Gasteiger partial charge in [-0.2, -0.15) is 0 Å². The summed E-state index contributed by atoms with van der Waals surface area (Å²) in [4.78, 5) is 6.44. The quantitative estimate of drug-likeness (QED) is 0.204. The molecular weight excluding hydrogens is 505 g/mol. The number of hydrogen-bond donors (Lipinski definition) is 1. The summed E-state index contributed by atoms with van der Waals surface area (Å²) < 4.78 is 33.0. The Hall–Kier alpha value is -0.780. The second-order valence-corrected chi connectivity index (χ2v) is 8.40. The fraction of sp³-hybridized carbons (Fsp3) is 0.588. The summed E-state index contributed by atoms with van der Waals surface area (Å²) in [5.74, 6) is 1.54. The highest BCUT2D eigenvalue weighted by atomic mass is 127. The molecule has 1 N–H and O–H groups in total. The molecule has 0 atom stereocenters. The number of rotatable bonds is 11. The minimum absolute atomic E-state index is 0. The van der Waals surface area contributed by atoms with Gasteiger partial charge < -0.3 is 19.7 Å². The van der Waals surface area contributed by atoms with E-state index in [1.165, 1.54) is 6.26 Å². The van der Waals surface area contributed by atoms with Crippen LogP contribution in [-0.2, 0) is 14.6 Å². The molecule has 0 bridgehead atoms. The van der Waals surface area contributed by atoms with Crippen molar-refractivity contribution >= 4 is 51.4 Å². The third-order valence-corrected chi connectivity index (χ3v) is 4.46. The predicted octanol–water partition coefficient (Wildman–Crippen LogP) is 2.30. The van der Waals surface area contributed by atoms with Crippen LogP contribution in [0.15, 0.2) is 29.3 Å². The van der Waals surface area contributed by atoms with E-state index in [0.717, 1.165) is 18.3 Å². The molecule has 0 aliphatic carbocycles. The van der Waals surface area contributed by atoms with E-state index in [-0.39, 0.29) is 36.3 Å². The zero-order valence-electron chi connectivity index (χ0n) is 16.0. The molecule has 0 saturated carbocycles. The summed E-state index contributed by atoms with van der Waals surface area (Å²) in [6.07, 6.45) is 1.19. The maximum atomic E-state index is 11.0. The van der Waals surface area contributed by atoms with Crippen LogP contribution in [0.25, 0.3) is 0 Å². The topological polar surface area (TPSA) is 80.2 Å². The van der Waals surface area contributed by atoms with Crippen molar-refractivity contribution in [3.63, 3.8) is 0 Å². The number of likely N-dealkylation sites (N-methyl/N-ethyl adjacent to an activating group) is 1. The average molecular weight is 534 g/mol. The first-order valence-corrected chi connectivity index (χ1v) is 10.9. The molecule has 0 unspecified atom stereocenters. The highest BCUT2D eigenvalue weighted by Crippen LogP contribution is 2.15. The Morgan fingerprint density at radius 1 is 1.22 bits per heavy atom. The number of nitrogens with zero attached hydrogens (tertiary/aromatic N) is 2. The summed E-state index contributed by atoms with van der Waals surface area (Å²) in [6, 6.07) is 7.23. The lowest BCUT2D eigenvalue weighted by Crippen LogP contribution is -2.41. The molecule has 1 aromatic carbocycles. The first-order chi connectivity index (χ1) is 12.3. The van der Waals surface area contributed by atoms with Crippen LogP contribution in [0.4, 0.5) is 0 Å². The Labute approximate surface area is 184 Å². The zero-order valence-corrected chi connectivity index (χ0v) is 19.9. The Balaban J connectivity index is 0.00000676. The number of benzene rings is 1. The molecule has 0 aliphatic heterocycles. The first kappa shape index (κ1) is 26.2. The minimum Gasteiger partial charge on any atom is -0.492 e. The van der Waals surface area contributed by atoms with Crippen molar-refractivity contribution in [1.29, 1.82) is 0 Å². The summed E-state index contributed by atoms with van der Waals surface area (Å²) in [5.41, 5.74) is 0. The number of guanidine groups is 1. The van der Waals surface area contributed by atoms with E-state index in [0.29, 0.717) is 31.3 Å². The van der Waals surface area contributed by atoms with Gasteiger partial charge in [-0.25, -0.2) is 8.42 Å². The van der Waals surface area contributed by atoms with Crippen molar-refractivity contribution in [3.8, 4) is 5.75 Å². The monoisotopic (exact) mass is 533 g/mol. The normalized spacial score (nSPS) is 11.6. The van der Waals surface area contributed by atoms with Gasteiger partial charge in [0.25, 0.3) is 0 Å². The number of nitrogens with one attached hydrogen (secondary N) is 1. The van der Waals surface area contributed by atoms with Crippen molar-refractivity contribution in [3.05, 3.63) is 29.3 Å². The number of halogens is 2. The number of hydrogen-bond acceptors (Lipinski definition) is 5. The maximum absolute atomic E-state index is 11.0. The lowest BCUT2D eigenvalue weighted by Gasteiger charge is -2.22. The Morgan fingerprint density at radius 2 is 1.89 bits per heavy atom. The Bertz CT molecular complexity index is 657. The van der Waals surface area contributed by atoms with E-state index in [1.54, 1.807) is 12.1 Å². The molecule has 7 nitrogen and oxygen atoms in total. The summed E-state index contributed by atoms with van der Waals surface area (Å²) >= 11 is 5.85. The third kappa shape index (κ3) is 13.1. The molecular formula is C17H29ClIN3O4S. The fourth-order valence-electron chi connectivity index (χ4n) is 1.94. The standard InChI is InChI=1S/C17H28ClN3O4S.HI/c1-4-19-17(20-9-11-24-13-14-26(3,22)23)21(2)10-12-25-16-7-5-15(18)6-8-16;/h5-8H,4,9-14H2,1-3H3,(H,19,20);1H. The number of aliphatic imine (C=N–C) groups is 1. The van der Waals surface area contributed by atoms with Crippen LogP contribution in [-0.4, -0.2) is 77.8 Å². The van der Waals surface area contributed by atoms with Crippen molar-refractivity contribution in [1.82, 2.24) is 10.2 Å². The Morgan fingerprint density at radius 3 is 2.48 bits per heavy atom. The van der Waals surface area contributed by atoms with Crippen molar-refractivity contribution in [2.75, 3.05) is 58.5 Å². The minimum atomic E-state index is -2.99. The van der Waals surface area contributed by atoms with Gasteiger partial charge in [-0.15, -0.1) is 24.0 Å². The average Bonchev–Trinajstić information content (AvgIpc) is 2.57. The largest absolute Gasteiger partial charge is 0.492 e. The maximum Gasteiger partial charge on any atom is 0.193 e. The molecule has 0 aromatic heterocycles. The van der Waals surface area contributed by atoms with Crippen LogP contribution in [0.3, 0.4) is 0 Å². The van der Waals surface area contributed by atoms with Gasteiger partial charge in [-0.1, -0.05) is 11.6 Å². The van der Waals surface area contributed by atoms with Crippen molar-refractivity contribution in [2.24, 2.45) is 4.99 Å². The van der Waals surface area contributed by atoms with Crippen molar-refractivity contribution in [2.45, 2.75) is 6.92 Å². The van der Waals surface area contributed by atoms with Gasteiger partial charge in [0.15, 0.2) is 5.96 Å². The molecule has 0 spiro atoms. The van der Waals surface area contributed by atoms with Gasteiger partial charge in [0.2, 0.25) is 0 Å². The third-order valence-electron chi connectivity index (χ3n) is 3.30. The van der Waals surface area contributed by atoms with Crippen LogP contribution < -0.4 is 10.1 Å². The lowest BCUT2D eigenvalue weighted by molar-refractivity contribution is 0.157. The smallest absolute Gasteiger partial charge is 0.193 e. The molecule has 0 heterocycles. The van der Waals surface area contributed by atoms with Crippen molar-refractivity contribution < 1.29 is 17.9 Å². The molecule has 0 fully saturated rings. The highest BCUT2D eigenvalue weighted by Gasteiger charge is 2.06. The SMILES string of the molecule is CCNC(=NCCOCCS(C)(=O)=O)N(C)CCOc1ccc(Cl)cc1.I. The molecule has 1 aromatic rings. The van der Waals surface area contributed by atoms with Gasteiger partial charge in [0.05, 0.1) is 32.1 Å². The second-order valence-electron chi connectivity index (χ2n) is 5.70. The van der Waals surface area contributed by atoms with E-state index in [4.69, 9.17) is 21.1 Å². The summed E-state index contributed by atoms with van der Waals surface area (Å²) in [7, 11) is -1.06. The van der Waals surface area contributed by atoms with E-state index in [2.05, 4.69) is 10.3 Å². The molecule has 1 rings (SSSR count). The summed E-state index contributed by atoms with van der Waals surface area (Å²) in [5, 5.41) is 3.88. The number of sulfone groups is 1. The molecule has 0 amide bonds. The van der Waals surface area contributed by atoms with Gasteiger partial charge in [0.1, 0.15) is 22.2 Å². The van der Waals surface area contributed by atoms with E-state index >= 15 is 0 Å². The summed E-state index contributed by atoms with van der Waals surface area (Å²) in [6.45, 7) is 4.92. The first-order valence-electron chi connectivity index (χ1n) is 8.45. The van der Waals surface area contributed by atoms with Crippen LogP contribution in [0, 0.1) is 0 Å². The zero-order chi connectivity index (χ0) is 19.4. The van der Waals surface area contributed by atoms with Gasteiger partial charge in [-0.3, -0.25) is 4.99 Å². The van der Waals surface area contributed by atoms with Gasteiger partial charge >= 0.3 is 0 Å². The molecule has 10 heteroatoms. The predicted molar refractivity (Wildman–Crippen MR) is 122 cm³/mol.